The Kier molecular flexibility index (Phi) is 5.04. The second-order valence-electron chi connectivity index (χ2n) is 7.02. The summed E-state index contributed by atoms with van der Waals surface area (Å²) in [5.74, 6) is 0.434. The third-order valence-electron chi connectivity index (χ3n) is 4.93. The van der Waals surface area contributed by atoms with Crippen LogP contribution < -0.4 is 15.8 Å². The molecule has 2 N–H and O–H groups in total. The summed E-state index contributed by atoms with van der Waals surface area (Å²) in [5.41, 5.74) is 6.47. The Bertz CT molecular complexity index is 993. The molecule has 2 aromatic heterocycles. The standard InChI is InChI=1S/C20H22N4O3S/c1-12-10-15(13(2)27-12)19(26)23-22-18(25)14-6-5-9-24(11-14)20-21-16-7-3-4-8-17(16)28-20/h3-4,7-8,10,14H,5-6,9,11H2,1-2H3,(H,22,25)(H,23,26). The van der Waals surface area contributed by atoms with Gasteiger partial charge in [0, 0.05) is 13.1 Å². The number of carbonyl (C=O) groups excluding carboxylic acids is 2. The van der Waals surface area contributed by atoms with E-state index in [2.05, 4.69) is 26.8 Å². The largest absolute Gasteiger partial charge is 0.466 e. The van der Waals surface area contributed by atoms with Crippen LogP contribution in [0.15, 0.2) is 34.7 Å². The summed E-state index contributed by atoms with van der Waals surface area (Å²) < 4.78 is 6.50. The lowest BCUT2D eigenvalue weighted by Crippen LogP contribution is -2.49. The fourth-order valence-corrected chi connectivity index (χ4v) is 4.50. The highest BCUT2D eigenvalue weighted by Crippen LogP contribution is 2.31. The van der Waals surface area contributed by atoms with E-state index in [0.717, 1.165) is 34.7 Å². The van der Waals surface area contributed by atoms with Crippen LogP contribution in [0.2, 0.25) is 0 Å². The van der Waals surface area contributed by atoms with Crippen molar-refractivity contribution in [3.05, 3.63) is 47.4 Å². The zero-order valence-corrected chi connectivity index (χ0v) is 16.6. The molecule has 0 bridgehead atoms. The lowest BCUT2D eigenvalue weighted by atomic mass is 9.98. The van der Waals surface area contributed by atoms with Crippen LogP contribution >= 0.6 is 11.3 Å². The number of nitrogens with zero attached hydrogens (tertiary/aromatic N) is 2. The smallest absolute Gasteiger partial charge is 0.273 e. The van der Waals surface area contributed by atoms with Gasteiger partial charge in [0.2, 0.25) is 5.91 Å². The number of furan rings is 1. The van der Waals surface area contributed by atoms with E-state index in [1.54, 1.807) is 31.3 Å². The number of thiazole rings is 1. The minimum atomic E-state index is -0.374. The molecule has 8 heteroatoms. The van der Waals surface area contributed by atoms with Gasteiger partial charge < -0.3 is 9.32 Å². The van der Waals surface area contributed by atoms with Gasteiger partial charge in [0.15, 0.2) is 5.13 Å². The number of hydrogen-bond donors (Lipinski definition) is 2. The highest BCUT2D eigenvalue weighted by atomic mass is 32.1. The number of hydrogen-bond acceptors (Lipinski definition) is 6. The lowest BCUT2D eigenvalue weighted by Gasteiger charge is -2.31. The monoisotopic (exact) mass is 398 g/mol. The Hall–Kier alpha value is -2.87. The quantitative estimate of drug-likeness (QED) is 0.662. The molecule has 1 atom stereocenters. The van der Waals surface area contributed by atoms with E-state index < -0.39 is 0 Å². The molecular weight excluding hydrogens is 376 g/mol. The van der Waals surface area contributed by atoms with E-state index in [-0.39, 0.29) is 17.7 Å². The lowest BCUT2D eigenvalue weighted by molar-refractivity contribution is -0.126. The summed E-state index contributed by atoms with van der Waals surface area (Å²) in [6.45, 7) is 4.97. The zero-order valence-electron chi connectivity index (χ0n) is 15.8. The number of carbonyl (C=O) groups is 2. The number of piperidine rings is 1. The van der Waals surface area contributed by atoms with Crippen molar-refractivity contribution in [2.75, 3.05) is 18.0 Å². The molecule has 7 nitrogen and oxygen atoms in total. The first-order valence-corrected chi connectivity index (χ1v) is 10.1. The number of aromatic nitrogens is 1. The van der Waals surface area contributed by atoms with Gasteiger partial charge in [0.05, 0.1) is 21.7 Å². The van der Waals surface area contributed by atoms with Crippen LogP contribution in [0.25, 0.3) is 10.2 Å². The fraction of sp³-hybridized carbons (Fsp3) is 0.350. The van der Waals surface area contributed by atoms with Gasteiger partial charge in [0.25, 0.3) is 5.91 Å². The third kappa shape index (κ3) is 3.73. The van der Waals surface area contributed by atoms with Gasteiger partial charge >= 0.3 is 0 Å². The Morgan fingerprint density at radius 3 is 2.82 bits per heavy atom. The average Bonchev–Trinajstić information content (AvgIpc) is 3.28. The highest BCUT2D eigenvalue weighted by molar-refractivity contribution is 7.22. The molecule has 1 aromatic carbocycles. The number of aryl methyl sites for hydroxylation is 2. The Balaban J connectivity index is 1.38. The molecule has 146 valence electrons. The summed E-state index contributed by atoms with van der Waals surface area (Å²) in [7, 11) is 0. The maximum absolute atomic E-state index is 12.6. The molecule has 1 aliphatic heterocycles. The van der Waals surface area contributed by atoms with Crippen molar-refractivity contribution in [3.63, 3.8) is 0 Å². The van der Waals surface area contributed by atoms with Crippen molar-refractivity contribution < 1.29 is 14.0 Å². The van der Waals surface area contributed by atoms with Gasteiger partial charge in [-0.2, -0.15) is 0 Å². The molecule has 0 spiro atoms. The first-order chi connectivity index (χ1) is 13.5. The maximum atomic E-state index is 12.6. The number of amides is 2. The molecular formula is C20H22N4O3S. The number of benzene rings is 1. The third-order valence-corrected chi connectivity index (χ3v) is 6.03. The van der Waals surface area contributed by atoms with Gasteiger partial charge in [-0.25, -0.2) is 4.98 Å². The number of hydrazine groups is 1. The normalized spacial score (nSPS) is 16.9. The van der Waals surface area contributed by atoms with Crippen LogP contribution in [-0.4, -0.2) is 29.9 Å². The van der Waals surface area contributed by atoms with Crippen molar-refractivity contribution in [1.82, 2.24) is 15.8 Å². The van der Waals surface area contributed by atoms with Gasteiger partial charge in [-0.1, -0.05) is 23.5 Å². The molecule has 1 aliphatic rings. The molecule has 0 radical (unpaired) electrons. The number of nitrogens with one attached hydrogen (secondary N) is 2. The summed E-state index contributed by atoms with van der Waals surface area (Å²) in [5, 5.41) is 0.937. The minimum absolute atomic E-state index is 0.183. The first kappa shape index (κ1) is 18.5. The van der Waals surface area contributed by atoms with E-state index in [1.165, 1.54) is 0 Å². The zero-order chi connectivity index (χ0) is 19.7. The maximum Gasteiger partial charge on any atom is 0.273 e. The molecule has 2 amide bonds. The van der Waals surface area contributed by atoms with E-state index in [0.29, 0.717) is 23.6 Å². The summed E-state index contributed by atoms with van der Waals surface area (Å²) in [4.78, 5) is 31.7. The van der Waals surface area contributed by atoms with Crippen LogP contribution in [0, 0.1) is 19.8 Å². The van der Waals surface area contributed by atoms with Gasteiger partial charge in [-0.05, 0) is 44.9 Å². The minimum Gasteiger partial charge on any atom is -0.466 e. The Morgan fingerprint density at radius 1 is 1.25 bits per heavy atom. The SMILES string of the molecule is Cc1cc(C(=O)NNC(=O)C2CCCN(c3nc4ccccc4s3)C2)c(C)o1. The average molecular weight is 398 g/mol. The van der Waals surface area contributed by atoms with Crippen LogP contribution in [-0.2, 0) is 4.79 Å². The van der Waals surface area contributed by atoms with Crippen molar-refractivity contribution >= 4 is 38.5 Å². The van der Waals surface area contributed by atoms with E-state index in [1.807, 2.05) is 18.2 Å². The second-order valence-corrected chi connectivity index (χ2v) is 8.03. The first-order valence-electron chi connectivity index (χ1n) is 9.29. The number of para-hydroxylation sites is 1. The molecule has 1 unspecified atom stereocenters. The fourth-order valence-electron chi connectivity index (χ4n) is 3.50. The molecule has 3 heterocycles. The van der Waals surface area contributed by atoms with Crippen molar-refractivity contribution in [2.24, 2.45) is 5.92 Å². The molecule has 0 aliphatic carbocycles. The van der Waals surface area contributed by atoms with Crippen molar-refractivity contribution in [1.29, 1.82) is 0 Å². The van der Waals surface area contributed by atoms with E-state index >= 15 is 0 Å². The second kappa shape index (κ2) is 7.63. The molecule has 0 saturated carbocycles. The molecule has 1 saturated heterocycles. The summed E-state index contributed by atoms with van der Waals surface area (Å²) >= 11 is 1.64. The van der Waals surface area contributed by atoms with Gasteiger partial charge in [-0.15, -0.1) is 0 Å². The van der Waals surface area contributed by atoms with Gasteiger partial charge in [-0.3, -0.25) is 20.4 Å². The summed E-state index contributed by atoms with van der Waals surface area (Å²) in [6.07, 6.45) is 1.69. The van der Waals surface area contributed by atoms with Crippen LogP contribution in [0.3, 0.4) is 0 Å². The van der Waals surface area contributed by atoms with E-state index in [9.17, 15) is 9.59 Å². The summed E-state index contributed by atoms with van der Waals surface area (Å²) in [6, 6.07) is 9.69. The number of anilines is 1. The highest BCUT2D eigenvalue weighted by Gasteiger charge is 2.28. The molecule has 1 fully saturated rings. The molecule has 4 rings (SSSR count). The van der Waals surface area contributed by atoms with E-state index in [4.69, 9.17) is 4.42 Å². The predicted molar refractivity (Wildman–Crippen MR) is 108 cm³/mol. The molecule has 28 heavy (non-hydrogen) atoms. The number of rotatable bonds is 3. The Morgan fingerprint density at radius 2 is 2.07 bits per heavy atom. The van der Waals surface area contributed by atoms with Crippen molar-refractivity contribution in [3.8, 4) is 0 Å². The van der Waals surface area contributed by atoms with Crippen LogP contribution in [0.5, 0.6) is 0 Å². The van der Waals surface area contributed by atoms with Crippen LogP contribution in [0.1, 0.15) is 34.7 Å². The molecule has 3 aromatic rings. The van der Waals surface area contributed by atoms with Crippen molar-refractivity contribution in [2.45, 2.75) is 26.7 Å². The predicted octanol–water partition coefficient (Wildman–Crippen LogP) is 3.18. The Labute approximate surface area is 166 Å². The van der Waals surface area contributed by atoms with Crippen LogP contribution in [0.4, 0.5) is 5.13 Å². The number of fused-ring (bicyclic) bond motifs is 1. The van der Waals surface area contributed by atoms with Gasteiger partial charge in [0.1, 0.15) is 11.5 Å². The topological polar surface area (TPSA) is 87.5 Å².